The number of nitrogens with zero attached hydrogens (tertiary/aromatic N) is 2. The van der Waals surface area contributed by atoms with Crippen LogP contribution in [0.1, 0.15) is 86.5 Å². The molecule has 55 heavy (non-hydrogen) atoms. The van der Waals surface area contributed by atoms with E-state index in [-0.39, 0.29) is 10.8 Å². The normalized spacial score (nSPS) is 17.4. The number of furan rings is 1. The third-order valence-electron chi connectivity index (χ3n) is 13.9. The molecule has 4 aliphatic carbocycles. The number of fused-ring (bicyclic) bond motifs is 13. The summed E-state index contributed by atoms with van der Waals surface area (Å²) in [5, 5.41) is 2.00. The van der Waals surface area contributed by atoms with Gasteiger partial charge in [0.15, 0.2) is 5.82 Å². The molecule has 2 aromatic heterocycles. The van der Waals surface area contributed by atoms with E-state index in [4.69, 9.17) is 14.4 Å². The van der Waals surface area contributed by atoms with Crippen LogP contribution in [0.3, 0.4) is 0 Å². The maximum atomic E-state index is 6.35. The van der Waals surface area contributed by atoms with Crippen molar-refractivity contribution in [2.75, 3.05) is 0 Å². The molecule has 12 rings (SSSR count). The van der Waals surface area contributed by atoms with Gasteiger partial charge in [-0.25, -0.2) is 4.98 Å². The Labute approximate surface area is 322 Å². The highest BCUT2D eigenvalue weighted by atomic mass is 16.3. The van der Waals surface area contributed by atoms with Crippen molar-refractivity contribution in [2.45, 2.75) is 75.0 Å². The van der Waals surface area contributed by atoms with Crippen LogP contribution in [-0.4, -0.2) is 9.97 Å². The summed E-state index contributed by atoms with van der Waals surface area (Å²) in [6.45, 7) is 0. The molecule has 2 saturated carbocycles. The van der Waals surface area contributed by atoms with Gasteiger partial charge in [0.2, 0.25) is 5.71 Å². The van der Waals surface area contributed by atoms with Crippen LogP contribution < -0.4 is 0 Å². The van der Waals surface area contributed by atoms with Gasteiger partial charge in [-0.2, -0.15) is 4.98 Å². The lowest BCUT2D eigenvalue weighted by molar-refractivity contribution is 0.350. The monoisotopic (exact) mass is 710 g/mol. The van der Waals surface area contributed by atoms with E-state index < -0.39 is 0 Å². The fourth-order valence-electron chi connectivity index (χ4n) is 11.5. The lowest BCUT2D eigenvalue weighted by Gasteiger charge is -2.37. The van der Waals surface area contributed by atoms with Crippen molar-refractivity contribution >= 4 is 22.1 Å². The lowest BCUT2D eigenvalue weighted by Crippen LogP contribution is -2.29. The number of rotatable bonds is 3. The first-order valence-electron chi connectivity index (χ1n) is 20.5. The van der Waals surface area contributed by atoms with Crippen LogP contribution in [-0.2, 0) is 10.8 Å². The Morgan fingerprint density at radius 3 is 1.85 bits per heavy atom. The van der Waals surface area contributed by atoms with Crippen LogP contribution >= 0.6 is 0 Å². The van der Waals surface area contributed by atoms with Crippen LogP contribution in [0.25, 0.3) is 78.1 Å². The van der Waals surface area contributed by atoms with Gasteiger partial charge in [-0.3, -0.25) is 0 Å². The van der Waals surface area contributed by atoms with Crippen molar-refractivity contribution in [2.24, 2.45) is 0 Å². The molecule has 4 aliphatic rings. The standard InChI is InChI=1S/C52H42N2O/c1-4-15-34(16-5-1)48-47-38-18-7-9-22-45(38)55-50(47)54-49(53-48)35-25-23-33(24-26-35)36-19-14-21-42-46(36)40-32-43-39(31-44(40)52(42)29-12-3-13-30-52)37-17-6-8-20-41(37)51(43)27-10-2-11-28-51/h1,4-9,14-26,31-32H,2-3,10-13,27-30H2. The quantitative estimate of drug-likeness (QED) is 0.183. The van der Waals surface area contributed by atoms with Gasteiger partial charge in [0.1, 0.15) is 5.58 Å². The molecule has 0 amide bonds. The van der Waals surface area contributed by atoms with Crippen LogP contribution in [0, 0.1) is 0 Å². The van der Waals surface area contributed by atoms with Crippen molar-refractivity contribution in [3.05, 3.63) is 156 Å². The average molecular weight is 711 g/mol. The van der Waals surface area contributed by atoms with Gasteiger partial charge in [0, 0.05) is 27.3 Å². The highest BCUT2D eigenvalue weighted by Crippen LogP contribution is 2.63. The van der Waals surface area contributed by atoms with Crippen molar-refractivity contribution in [3.63, 3.8) is 0 Å². The zero-order chi connectivity index (χ0) is 36.1. The zero-order valence-corrected chi connectivity index (χ0v) is 31.1. The number of para-hydroxylation sites is 1. The minimum atomic E-state index is 0.0782. The van der Waals surface area contributed by atoms with E-state index in [1.165, 1.54) is 97.6 Å². The highest BCUT2D eigenvalue weighted by Gasteiger charge is 2.49. The van der Waals surface area contributed by atoms with Gasteiger partial charge in [0.25, 0.3) is 0 Å². The molecule has 0 aliphatic heterocycles. The molecule has 0 atom stereocenters. The highest BCUT2D eigenvalue weighted by molar-refractivity contribution is 6.10. The van der Waals surface area contributed by atoms with Crippen LogP contribution in [0.2, 0.25) is 0 Å². The van der Waals surface area contributed by atoms with Gasteiger partial charge in [0.05, 0.1) is 11.1 Å². The van der Waals surface area contributed by atoms with Crippen molar-refractivity contribution in [1.29, 1.82) is 0 Å². The molecule has 3 nitrogen and oxygen atoms in total. The van der Waals surface area contributed by atoms with E-state index in [1.54, 1.807) is 22.3 Å². The molecule has 0 N–H and O–H groups in total. The maximum absolute atomic E-state index is 6.35. The number of benzene rings is 6. The Balaban J connectivity index is 1.02. The van der Waals surface area contributed by atoms with Gasteiger partial charge < -0.3 is 4.42 Å². The molecule has 0 unspecified atom stereocenters. The SMILES string of the molecule is c1ccc(-c2nc(-c3ccc(-c4cccc5c4-c4cc6c(cc4C54CCCCC4)-c4ccccc4C64CCCCC4)cc3)nc3oc4ccccc4c23)cc1. The Kier molecular flexibility index (Phi) is 6.79. The number of hydrogen-bond donors (Lipinski definition) is 0. The molecular weight excluding hydrogens is 669 g/mol. The van der Waals surface area contributed by atoms with Crippen molar-refractivity contribution in [3.8, 4) is 56.0 Å². The molecule has 2 spiro atoms. The van der Waals surface area contributed by atoms with Gasteiger partial charge >= 0.3 is 0 Å². The summed E-state index contributed by atoms with van der Waals surface area (Å²) in [5.74, 6) is 0.676. The lowest BCUT2D eigenvalue weighted by atomic mass is 9.66. The number of aromatic nitrogens is 2. The summed E-state index contributed by atoms with van der Waals surface area (Å²) in [7, 11) is 0. The summed E-state index contributed by atoms with van der Waals surface area (Å²) in [6, 6.07) is 49.5. The minimum Gasteiger partial charge on any atom is -0.438 e. The summed E-state index contributed by atoms with van der Waals surface area (Å²) < 4.78 is 6.35. The molecule has 0 saturated heterocycles. The fraction of sp³-hybridized carbons (Fsp3) is 0.231. The molecule has 6 aromatic carbocycles. The van der Waals surface area contributed by atoms with E-state index in [1.807, 2.05) is 24.3 Å². The predicted molar refractivity (Wildman–Crippen MR) is 224 cm³/mol. The number of hydrogen-bond acceptors (Lipinski definition) is 3. The van der Waals surface area contributed by atoms with Crippen LogP contribution in [0.4, 0.5) is 0 Å². The predicted octanol–water partition coefficient (Wildman–Crippen LogP) is 13.8. The van der Waals surface area contributed by atoms with E-state index in [0.717, 1.165) is 33.2 Å². The third kappa shape index (κ3) is 4.44. The molecule has 0 radical (unpaired) electrons. The third-order valence-corrected chi connectivity index (χ3v) is 13.9. The largest absolute Gasteiger partial charge is 0.438 e. The fourth-order valence-corrected chi connectivity index (χ4v) is 11.5. The Morgan fingerprint density at radius 2 is 1.05 bits per heavy atom. The molecular formula is C52H42N2O. The second-order valence-electron chi connectivity index (χ2n) is 16.6. The summed E-state index contributed by atoms with van der Waals surface area (Å²) in [4.78, 5) is 10.3. The van der Waals surface area contributed by atoms with Crippen molar-refractivity contribution in [1.82, 2.24) is 9.97 Å². The molecule has 2 fully saturated rings. The van der Waals surface area contributed by atoms with E-state index >= 15 is 0 Å². The van der Waals surface area contributed by atoms with Gasteiger partial charge in [-0.05, 0) is 99.5 Å². The van der Waals surface area contributed by atoms with Crippen molar-refractivity contribution < 1.29 is 4.42 Å². The summed E-state index contributed by atoms with van der Waals surface area (Å²) >= 11 is 0. The van der Waals surface area contributed by atoms with E-state index in [2.05, 4.69) is 109 Å². The Bertz CT molecular complexity index is 2820. The first-order chi connectivity index (χ1) is 27.2. The first-order valence-corrected chi connectivity index (χ1v) is 20.5. The molecule has 8 aromatic rings. The van der Waals surface area contributed by atoms with E-state index in [9.17, 15) is 0 Å². The van der Waals surface area contributed by atoms with E-state index in [0.29, 0.717) is 11.5 Å². The second-order valence-corrected chi connectivity index (χ2v) is 16.6. The van der Waals surface area contributed by atoms with Gasteiger partial charge in [-0.1, -0.05) is 154 Å². The van der Waals surface area contributed by atoms with Crippen LogP contribution in [0.15, 0.2) is 138 Å². The Morgan fingerprint density at radius 1 is 0.436 bits per heavy atom. The topological polar surface area (TPSA) is 38.9 Å². The zero-order valence-electron chi connectivity index (χ0n) is 31.1. The molecule has 2 heterocycles. The molecule has 0 bridgehead atoms. The smallest absolute Gasteiger partial charge is 0.231 e. The second kappa shape index (κ2) is 11.8. The summed E-state index contributed by atoms with van der Waals surface area (Å²) in [6.07, 6.45) is 12.8. The van der Waals surface area contributed by atoms with Gasteiger partial charge in [-0.15, -0.1) is 0 Å². The first kappa shape index (κ1) is 31.5. The average Bonchev–Trinajstić information content (AvgIpc) is 3.85. The molecule has 266 valence electrons. The minimum absolute atomic E-state index is 0.0782. The van der Waals surface area contributed by atoms with Crippen LogP contribution in [0.5, 0.6) is 0 Å². The Hall–Kier alpha value is -5.80. The summed E-state index contributed by atoms with van der Waals surface area (Å²) in [5.41, 5.74) is 19.4. The maximum Gasteiger partial charge on any atom is 0.231 e. The molecule has 3 heteroatoms.